The van der Waals surface area contributed by atoms with E-state index >= 15 is 0 Å². The van der Waals surface area contributed by atoms with Gasteiger partial charge in [0, 0.05) is 5.69 Å². The van der Waals surface area contributed by atoms with Crippen molar-refractivity contribution < 1.29 is 12.8 Å². The van der Waals surface area contributed by atoms with Crippen LogP contribution in [0.15, 0.2) is 23.1 Å². The summed E-state index contributed by atoms with van der Waals surface area (Å²) in [7, 11) is -3.87. The summed E-state index contributed by atoms with van der Waals surface area (Å²) < 4.78 is 38.9. The first kappa shape index (κ1) is 12.4. The second-order valence-electron chi connectivity index (χ2n) is 3.37. The molecule has 0 amide bonds. The maximum Gasteiger partial charge on any atom is 0.241 e. The molecule has 10 heteroatoms. The number of nitrogens with one attached hydrogen (secondary N) is 2. The van der Waals surface area contributed by atoms with E-state index in [1.54, 1.807) is 0 Å². The summed E-state index contributed by atoms with van der Waals surface area (Å²) in [6.07, 6.45) is 0. The SMILES string of the molecule is Nc1cc(F)cc(S(=O)(=O)NCc2nn[nH]n2)c1. The quantitative estimate of drug-likeness (QED) is 0.638. The van der Waals surface area contributed by atoms with E-state index in [0.717, 1.165) is 18.2 Å². The van der Waals surface area contributed by atoms with Gasteiger partial charge in [0.1, 0.15) is 5.82 Å². The van der Waals surface area contributed by atoms with Gasteiger partial charge in [0.15, 0.2) is 5.82 Å². The van der Waals surface area contributed by atoms with Crippen LogP contribution < -0.4 is 10.5 Å². The number of nitrogen functional groups attached to an aromatic ring is 1. The van der Waals surface area contributed by atoms with Gasteiger partial charge in [-0.3, -0.25) is 0 Å². The number of aromatic amines is 1. The Morgan fingerprint density at radius 3 is 2.78 bits per heavy atom. The molecule has 4 N–H and O–H groups in total. The van der Waals surface area contributed by atoms with Gasteiger partial charge in [0.05, 0.1) is 11.4 Å². The van der Waals surface area contributed by atoms with Crippen molar-refractivity contribution >= 4 is 15.7 Å². The minimum absolute atomic E-state index is 0.0231. The molecule has 0 fully saturated rings. The highest BCUT2D eigenvalue weighted by Crippen LogP contribution is 2.15. The Kier molecular flexibility index (Phi) is 3.21. The monoisotopic (exact) mass is 272 g/mol. The highest BCUT2D eigenvalue weighted by atomic mass is 32.2. The molecule has 2 rings (SSSR count). The highest BCUT2D eigenvalue weighted by molar-refractivity contribution is 7.89. The highest BCUT2D eigenvalue weighted by Gasteiger charge is 2.16. The van der Waals surface area contributed by atoms with E-state index in [2.05, 4.69) is 25.3 Å². The first-order valence-corrected chi connectivity index (χ1v) is 6.24. The lowest BCUT2D eigenvalue weighted by molar-refractivity contribution is 0.575. The van der Waals surface area contributed by atoms with Crippen LogP contribution in [0, 0.1) is 5.82 Å². The van der Waals surface area contributed by atoms with Crippen LogP contribution in [-0.4, -0.2) is 29.0 Å². The maximum absolute atomic E-state index is 13.1. The molecule has 2 aromatic rings. The molecule has 0 aliphatic heterocycles. The Morgan fingerprint density at radius 2 is 2.17 bits per heavy atom. The summed E-state index contributed by atoms with van der Waals surface area (Å²) >= 11 is 0. The zero-order chi connectivity index (χ0) is 13.2. The largest absolute Gasteiger partial charge is 0.399 e. The molecule has 0 unspecified atom stereocenters. The van der Waals surface area contributed by atoms with Crippen molar-refractivity contribution in [3.63, 3.8) is 0 Å². The molecule has 0 saturated heterocycles. The van der Waals surface area contributed by atoms with Crippen molar-refractivity contribution in [3.8, 4) is 0 Å². The van der Waals surface area contributed by atoms with Gasteiger partial charge in [-0.05, 0) is 18.2 Å². The molecule has 0 aliphatic carbocycles. The fraction of sp³-hybridized carbons (Fsp3) is 0.125. The van der Waals surface area contributed by atoms with E-state index in [1.165, 1.54) is 0 Å². The molecule has 0 spiro atoms. The van der Waals surface area contributed by atoms with Crippen molar-refractivity contribution in [3.05, 3.63) is 29.8 Å². The lowest BCUT2D eigenvalue weighted by Gasteiger charge is -2.05. The number of nitrogens with zero attached hydrogens (tertiary/aromatic N) is 3. The summed E-state index contributed by atoms with van der Waals surface area (Å²) in [5.41, 5.74) is 5.40. The summed E-state index contributed by atoms with van der Waals surface area (Å²) in [6, 6.07) is 3.05. The number of nitrogens with two attached hydrogens (primary N) is 1. The topological polar surface area (TPSA) is 127 Å². The minimum Gasteiger partial charge on any atom is -0.399 e. The minimum atomic E-state index is -3.87. The third-order valence-electron chi connectivity index (χ3n) is 2.01. The van der Waals surface area contributed by atoms with Crippen LogP contribution in [0.5, 0.6) is 0 Å². The normalized spacial score (nSPS) is 11.6. The number of halogens is 1. The molecule has 0 bridgehead atoms. The number of hydrogen-bond donors (Lipinski definition) is 3. The summed E-state index contributed by atoms with van der Waals surface area (Å²) in [5.74, 6) is -0.558. The third-order valence-corrected chi connectivity index (χ3v) is 3.39. The molecule has 8 nitrogen and oxygen atoms in total. The van der Waals surface area contributed by atoms with Gasteiger partial charge >= 0.3 is 0 Å². The molecular weight excluding hydrogens is 263 g/mol. The second kappa shape index (κ2) is 4.66. The second-order valence-corrected chi connectivity index (χ2v) is 5.14. The fourth-order valence-corrected chi connectivity index (χ4v) is 2.28. The Labute approximate surface area is 101 Å². The first-order chi connectivity index (χ1) is 8.47. The number of tetrazole rings is 1. The van der Waals surface area contributed by atoms with Crippen molar-refractivity contribution in [1.82, 2.24) is 25.3 Å². The lowest BCUT2D eigenvalue weighted by Crippen LogP contribution is -2.24. The van der Waals surface area contributed by atoms with Crippen molar-refractivity contribution in [2.45, 2.75) is 11.4 Å². The van der Waals surface area contributed by atoms with Crippen LogP contribution in [-0.2, 0) is 16.6 Å². The number of anilines is 1. The molecule has 1 heterocycles. The van der Waals surface area contributed by atoms with E-state index in [4.69, 9.17) is 5.73 Å². The summed E-state index contributed by atoms with van der Waals surface area (Å²) in [4.78, 5) is -0.261. The van der Waals surface area contributed by atoms with Crippen LogP contribution in [0.4, 0.5) is 10.1 Å². The summed E-state index contributed by atoms with van der Waals surface area (Å²) in [6.45, 7) is -0.157. The standard InChI is InChI=1S/C8H9FN6O2S/c9-5-1-6(10)3-7(2-5)18(16,17)11-4-8-12-14-15-13-8/h1-3,11H,4,10H2,(H,12,13,14,15). The van der Waals surface area contributed by atoms with E-state index in [0.29, 0.717) is 0 Å². The van der Waals surface area contributed by atoms with E-state index in [-0.39, 0.29) is 23.0 Å². The zero-order valence-corrected chi connectivity index (χ0v) is 9.78. The molecule has 96 valence electrons. The van der Waals surface area contributed by atoms with Crippen LogP contribution in [0.3, 0.4) is 0 Å². The van der Waals surface area contributed by atoms with E-state index in [9.17, 15) is 12.8 Å². The average Bonchev–Trinajstić information content (AvgIpc) is 2.78. The molecule has 0 atom stereocenters. The third kappa shape index (κ3) is 2.78. The van der Waals surface area contributed by atoms with Crippen molar-refractivity contribution in [2.75, 3.05) is 5.73 Å². The number of hydrogen-bond acceptors (Lipinski definition) is 6. The number of sulfonamides is 1. The van der Waals surface area contributed by atoms with Crippen molar-refractivity contribution in [2.24, 2.45) is 0 Å². The van der Waals surface area contributed by atoms with Gasteiger partial charge in [-0.1, -0.05) is 5.21 Å². The predicted octanol–water partition coefficient (Wildman–Crippen LogP) is -0.601. The van der Waals surface area contributed by atoms with E-state index < -0.39 is 15.8 Å². The summed E-state index contributed by atoms with van der Waals surface area (Å²) in [5, 5.41) is 12.6. The van der Waals surface area contributed by atoms with Gasteiger partial charge in [-0.2, -0.15) is 5.21 Å². The Morgan fingerprint density at radius 1 is 1.39 bits per heavy atom. The molecular formula is C8H9FN6O2S. The average molecular weight is 272 g/mol. The zero-order valence-electron chi connectivity index (χ0n) is 8.96. The molecule has 18 heavy (non-hydrogen) atoms. The number of benzene rings is 1. The number of rotatable bonds is 4. The Balaban J connectivity index is 2.20. The molecule has 0 aliphatic rings. The van der Waals surface area contributed by atoms with Crippen LogP contribution >= 0.6 is 0 Å². The lowest BCUT2D eigenvalue weighted by atomic mass is 10.3. The molecule has 0 saturated carbocycles. The molecule has 0 radical (unpaired) electrons. The maximum atomic E-state index is 13.1. The predicted molar refractivity (Wildman–Crippen MR) is 59.0 cm³/mol. The molecule has 1 aromatic carbocycles. The van der Waals surface area contributed by atoms with E-state index in [1.807, 2.05) is 0 Å². The van der Waals surface area contributed by atoms with Gasteiger partial charge in [-0.15, -0.1) is 10.2 Å². The van der Waals surface area contributed by atoms with Crippen LogP contribution in [0.2, 0.25) is 0 Å². The Bertz CT molecular complexity index is 621. The fourth-order valence-electron chi connectivity index (χ4n) is 1.24. The Hall–Kier alpha value is -2.07. The smallest absolute Gasteiger partial charge is 0.241 e. The first-order valence-electron chi connectivity index (χ1n) is 4.75. The molecule has 1 aromatic heterocycles. The van der Waals surface area contributed by atoms with Gasteiger partial charge < -0.3 is 5.73 Å². The van der Waals surface area contributed by atoms with Crippen LogP contribution in [0.1, 0.15) is 5.82 Å². The van der Waals surface area contributed by atoms with Gasteiger partial charge in [-0.25, -0.2) is 17.5 Å². The number of aromatic nitrogens is 4. The van der Waals surface area contributed by atoms with Crippen molar-refractivity contribution in [1.29, 1.82) is 0 Å². The van der Waals surface area contributed by atoms with Gasteiger partial charge in [0.2, 0.25) is 10.0 Å². The number of H-pyrrole nitrogens is 1. The van der Waals surface area contributed by atoms with Crippen LogP contribution in [0.25, 0.3) is 0 Å². The van der Waals surface area contributed by atoms with Gasteiger partial charge in [0.25, 0.3) is 0 Å².